The van der Waals surface area contributed by atoms with Crippen molar-refractivity contribution in [2.45, 2.75) is 26.3 Å². The topological polar surface area (TPSA) is 99.3 Å². The van der Waals surface area contributed by atoms with E-state index in [2.05, 4.69) is 10.3 Å². The Kier molecular flexibility index (Phi) is 3.21. The lowest BCUT2D eigenvalue weighted by atomic mass is 9.97. The number of piperazine rings is 1. The number of amides is 3. The number of imide groups is 1. The summed E-state index contributed by atoms with van der Waals surface area (Å²) in [6.45, 7) is 4.48. The molecule has 0 radical (unpaired) electrons. The largest absolute Gasteiger partial charge is 0.326 e. The number of nitrogens with one attached hydrogen (secondary N) is 2. The maximum absolute atomic E-state index is 12.4. The highest BCUT2D eigenvalue weighted by atomic mass is 16.2. The van der Waals surface area contributed by atoms with Crippen molar-refractivity contribution in [1.82, 2.24) is 15.2 Å². The van der Waals surface area contributed by atoms with Gasteiger partial charge in [-0.1, -0.05) is 0 Å². The van der Waals surface area contributed by atoms with Gasteiger partial charge in [-0.15, -0.1) is 0 Å². The number of pyridine rings is 1. The molecule has 1 aliphatic rings. The smallest absolute Gasteiger partial charge is 0.260 e. The fourth-order valence-corrected chi connectivity index (χ4v) is 1.99. The Morgan fingerprint density at radius 2 is 1.90 bits per heavy atom. The van der Waals surface area contributed by atoms with Crippen LogP contribution in [0.3, 0.4) is 0 Å². The van der Waals surface area contributed by atoms with Gasteiger partial charge in [-0.3, -0.25) is 24.5 Å². The molecule has 0 spiro atoms. The first-order valence-electron chi connectivity index (χ1n) is 6.09. The van der Waals surface area contributed by atoms with Crippen LogP contribution in [0, 0.1) is 6.92 Å². The molecule has 0 atom stereocenters. The predicted molar refractivity (Wildman–Crippen MR) is 70.1 cm³/mol. The molecule has 106 valence electrons. The van der Waals surface area contributed by atoms with Crippen molar-refractivity contribution in [3.63, 3.8) is 0 Å². The molecule has 20 heavy (non-hydrogen) atoms. The number of aromatic nitrogens is 1. The molecule has 7 heteroatoms. The van der Waals surface area contributed by atoms with E-state index in [1.165, 1.54) is 19.9 Å². The molecule has 7 nitrogen and oxygen atoms in total. The molecule has 0 aromatic carbocycles. The molecule has 0 aliphatic carbocycles. The van der Waals surface area contributed by atoms with Gasteiger partial charge in [0.1, 0.15) is 17.6 Å². The third-order valence-electron chi connectivity index (χ3n) is 3.32. The molecule has 3 amide bonds. The molecule has 2 N–H and O–H groups in total. The van der Waals surface area contributed by atoms with Crippen LogP contribution in [0.4, 0.5) is 0 Å². The van der Waals surface area contributed by atoms with Crippen molar-refractivity contribution in [1.29, 1.82) is 0 Å². The SMILES string of the molecule is Cc1ccc(C(=O)N2CC(=O)NC(=O)C2(C)C)c(=O)[nH]1. The molecule has 1 aliphatic heterocycles. The summed E-state index contributed by atoms with van der Waals surface area (Å²) < 4.78 is 0. The van der Waals surface area contributed by atoms with E-state index in [0.717, 1.165) is 4.90 Å². The van der Waals surface area contributed by atoms with Gasteiger partial charge >= 0.3 is 0 Å². The number of carbonyl (C=O) groups is 3. The average Bonchev–Trinajstić information content (AvgIpc) is 2.33. The van der Waals surface area contributed by atoms with Crippen molar-refractivity contribution in [2.24, 2.45) is 0 Å². The van der Waals surface area contributed by atoms with Gasteiger partial charge in [-0.2, -0.15) is 0 Å². The maximum Gasteiger partial charge on any atom is 0.260 e. The molecule has 0 unspecified atom stereocenters. The molecule has 2 rings (SSSR count). The summed E-state index contributed by atoms with van der Waals surface area (Å²) in [7, 11) is 0. The van der Waals surface area contributed by atoms with E-state index < -0.39 is 28.8 Å². The first-order valence-corrected chi connectivity index (χ1v) is 6.09. The second kappa shape index (κ2) is 4.59. The zero-order valence-corrected chi connectivity index (χ0v) is 11.4. The van der Waals surface area contributed by atoms with Crippen LogP contribution in [0.1, 0.15) is 29.9 Å². The van der Waals surface area contributed by atoms with E-state index in [1.807, 2.05) is 0 Å². The number of aryl methyl sites for hydroxylation is 1. The van der Waals surface area contributed by atoms with Crippen molar-refractivity contribution in [3.05, 3.63) is 33.7 Å². The number of aromatic amines is 1. The Morgan fingerprint density at radius 1 is 1.25 bits per heavy atom. The highest BCUT2D eigenvalue weighted by Gasteiger charge is 2.44. The minimum Gasteiger partial charge on any atom is -0.326 e. The molecular formula is C13H15N3O4. The van der Waals surface area contributed by atoms with Crippen molar-refractivity contribution in [2.75, 3.05) is 6.54 Å². The number of nitrogens with zero attached hydrogens (tertiary/aromatic N) is 1. The van der Waals surface area contributed by atoms with Gasteiger partial charge in [-0.25, -0.2) is 0 Å². The summed E-state index contributed by atoms with van der Waals surface area (Å²) in [6, 6.07) is 2.98. The number of hydrogen-bond acceptors (Lipinski definition) is 4. The maximum atomic E-state index is 12.4. The van der Waals surface area contributed by atoms with Gasteiger partial charge in [0.25, 0.3) is 17.4 Å². The molecule has 0 bridgehead atoms. The van der Waals surface area contributed by atoms with Gasteiger partial charge in [0, 0.05) is 5.69 Å². The lowest BCUT2D eigenvalue weighted by molar-refractivity contribution is -0.143. The fourth-order valence-electron chi connectivity index (χ4n) is 1.99. The standard InChI is InChI=1S/C13H15N3O4/c1-7-4-5-8(10(18)14-7)11(19)16-6-9(17)15-12(20)13(16,2)3/h4-5H,6H2,1-3H3,(H,14,18)(H,15,17,20). The molecule has 2 heterocycles. The van der Waals surface area contributed by atoms with Crippen LogP contribution in [0.2, 0.25) is 0 Å². The molecule has 0 saturated carbocycles. The number of carbonyl (C=O) groups excluding carboxylic acids is 3. The molecule has 1 fully saturated rings. The lowest BCUT2D eigenvalue weighted by Crippen LogP contribution is -2.65. The van der Waals surface area contributed by atoms with Gasteiger partial charge in [0.15, 0.2) is 0 Å². The van der Waals surface area contributed by atoms with Crippen LogP contribution >= 0.6 is 0 Å². The van der Waals surface area contributed by atoms with E-state index in [9.17, 15) is 19.2 Å². The summed E-state index contributed by atoms with van der Waals surface area (Å²) in [6.07, 6.45) is 0. The van der Waals surface area contributed by atoms with E-state index in [-0.39, 0.29) is 12.1 Å². The van der Waals surface area contributed by atoms with Crippen LogP contribution in [-0.4, -0.2) is 39.7 Å². The Bertz CT molecular complexity index is 660. The van der Waals surface area contributed by atoms with Crippen molar-refractivity contribution >= 4 is 17.7 Å². The third kappa shape index (κ3) is 2.22. The normalized spacial score (nSPS) is 17.9. The van der Waals surface area contributed by atoms with Crippen LogP contribution in [0.5, 0.6) is 0 Å². The summed E-state index contributed by atoms with van der Waals surface area (Å²) in [5.41, 5.74) is -1.20. The summed E-state index contributed by atoms with van der Waals surface area (Å²) in [4.78, 5) is 51.1. The lowest BCUT2D eigenvalue weighted by Gasteiger charge is -2.39. The van der Waals surface area contributed by atoms with Gasteiger partial charge in [-0.05, 0) is 32.9 Å². The van der Waals surface area contributed by atoms with E-state index >= 15 is 0 Å². The van der Waals surface area contributed by atoms with Crippen LogP contribution in [0.25, 0.3) is 0 Å². The average molecular weight is 277 g/mol. The van der Waals surface area contributed by atoms with Crippen molar-refractivity contribution in [3.8, 4) is 0 Å². The number of rotatable bonds is 1. The monoisotopic (exact) mass is 277 g/mol. The molecule has 1 aromatic heterocycles. The summed E-state index contributed by atoms with van der Waals surface area (Å²) in [5, 5.41) is 2.17. The molecule has 1 aromatic rings. The van der Waals surface area contributed by atoms with Crippen molar-refractivity contribution < 1.29 is 14.4 Å². The fraction of sp³-hybridized carbons (Fsp3) is 0.385. The van der Waals surface area contributed by atoms with Gasteiger partial charge in [0.2, 0.25) is 5.91 Å². The minimum atomic E-state index is -1.19. The predicted octanol–water partition coefficient (Wildman–Crippen LogP) is -0.439. The van der Waals surface area contributed by atoms with Crippen LogP contribution in [0.15, 0.2) is 16.9 Å². The summed E-state index contributed by atoms with van der Waals surface area (Å²) in [5.74, 6) is -1.77. The number of hydrogen-bond donors (Lipinski definition) is 2. The Morgan fingerprint density at radius 3 is 2.50 bits per heavy atom. The van der Waals surface area contributed by atoms with Crippen LogP contribution < -0.4 is 10.9 Å². The Hall–Kier alpha value is -2.44. The second-order valence-electron chi connectivity index (χ2n) is 5.21. The number of H-pyrrole nitrogens is 1. The first-order chi connectivity index (χ1) is 9.23. The Labute approximate surface area is 115 Å². The third-order valence-corrected chi connectivity index (χ3v) is 3.32. The summed E-state index contributed by atoms with van der Waals surface area (Å²) >= 11 is 0. The van der Waals surface area contributed by atoms with Gasteiger partial charge in [0.05, 0.1) is 0 Å². The minimum absolute atomic E-state index is 0.0915. The zero-order valence-electron chi connectivity index (χ0n) is 11.4. The zero-order chi connectivity index (χ0) is 15.1. The highest BCUT2D eigenvalue weighted by molar-refractivity contribution is 6.08. The second-order valence-corrected chi connectivity index (χ2v) is 5.21. The first kappa shape index (κ1) is 14.0. The molecular weight excluding hydrogens is 262 g/mol. The van der Waals surface area contributed by atoms with E-state index in [4.69, 9.17) is 0 Å². The highest BCUT2D eigenvalue weighted by Crippen LogP contribution is 2.20. The molecule has 1 saturated heterocycles. The van der Waals surface area contributed by atoms with E-state index in [0.29, 0.717) is 5.69 Å². The van der Waals surface area contributed by atoms with E-state index in [1.54, 1.807) is 13.0 Å². The van der Waals surface area contributed by atoms with Gasteiger partial charge < -0.3 is 9.88 Å². The van der Waals surface area contributed by atoms with Crippen LogP contribution in [-0.2, 0) is 9.59 Å². The Balaban J connectivity index is 2.43. The quantitative estimate of drug-likeness (QED) is 0.680.